The predicted molar refractivity (Wildman–Crippen MR) is 82.2 cm³/mol. The highest BCUT2D eigenvalue weighted by Crippen LogP contribution is 2.35. The number of carbonyl (C=O) groups excluding carboxylic acids is 1. The summed E-state index contributed by atoms with van der Waals surface area (Å²) in [5.41, 5.74) is 7.07. The molecule has 0 aromatic heterocycles. The Bertz CT molecular complexity index is 688. The molecule has 1 aliphatic heterocycles. The smallest absolute Gasteiger partial charge is 0.232 e. The minimum Gasteiger partial charge on any atom is -0.325 e. The van der Waals surface area contributed by atoms with Gasteiger partial charge in [-0.25, -0.2) is 0 Å². The molecule has 0 spiro atoms. The van der Waals surface area contributed by atoms with Crippen molar-refractivity contribution >= 4 is 11.6 Å². The topological polar surface area (TPSA) is 29.1 Å². The fourth-order valence-electron chi connectivity index (χ4n) is 2.89. The summed E-state index contributed by atoms with van der Waals surface area (Å²) in [6.45, 7) is 6.27. The maximum atomic E-state index is 12.2. The van der Waals surface area contributed by atoms with Gasteiger partial charge in [0, 0.05) is 5.69 Å². The molecule has 3 rings (SSSR count). The van der Waals surface area contributed by atoms with Gasteiger partial charge >= 0.3 is 0 Å². The summed E-state index contributed by atoms with van der Waals surface area (Å²) in [5.74, 6) is 0.0527. The van der Waals surface area contributed by atoms with Crippen molar-refractivity contribution < 1.29 is 4.79 Å². The highest BCUT2D eigenvalue weighted by Gasteiger charge is 2.30. The molecule has 102 valence electrons. The van der Waals surface area contributed by atoms with Gasteiger partial charge in [-0.3, -0.25) is 4.79 Å². The van der Waals surface area contributed by atoms with E-state index in [-0.39, 0.29) is 11.8 Å². The molecule has 0 radical (unpaired) electrons. The van der Waals surface area contributed by atoms with E-state index in [9.17, 15) is 4.79 Å². The van der Waals surface area contributed by atoms with Crippen molar-refractivity contribution in [3.8, 4) is 0 Å². The van der Waals surface area contributed by atoms with Crippen LogP contribution in [-0.2, 0) is 11.2 Å². The van der Waals surface area contributed by atoms with Crippen molar-refractivity contribution in [3.05, 3.63) is 64.2 Å². The molecule has 1 heterocycles. The first kappa shape index (κ1) is 12.9. The van der Waals surface area contributed by atoms with E-state index in [1.807, 2.05) is 12.1 Å². The number of amides is 1. The second-order valence-corrected chi connectivity index (χ2v) is 5.77. The molecule has 2 heteroatoms. The van der Waals surface area contributed by atoms with Crippen LogP contribution in [0, 0.1) is 20.8 Å². The molecule has 0 saturated carbocycles. The van der Waals surface area contributed by atoms with Crippen molar-refractivity contribution in [2.45, 2.75) is 33.1 Å². The van der Waals surface area contributed by atoms with Gasteiger partial charge in [0.15, 0.2) is 0 Å². The molecule has 0 aliphatic carbocycles. The predicted octanol–water partition coefficient (Wildman–Crippen LogP) is 3.89. The number of aryl methyl sites for hydroxylation is 3. The highest BCUT2D eigenvalue weighted by molar-refractivity contribution is 6.03. The van der Waals surface area contributed by atoms with Crippen LogP contribution in [0.1, 0.15) is 33.7 Å². The third kappa shape index (κ3) is 2.22. The molecule has 0 fully saturated rings. The number of benzene rings is 2. The van der Waals surface area contributed by atoms with E-state index in [4.69, 9.17) is 0 Å². The summed E-state index contributed by atoms with van der Waals surface area (Å²) in [6.07, 6.45) is 0.774. The van der Waals surface area contributed by atoms with Gasteiger partial charge in [0.05, 0.1) is 5.92 Å². The van der Waals surface area contributed by atoms with Crippen LogP contribution in [-0.4, -0.2) is 5.91 Å². The minimum absolute atomic E-state index is 0.0644. The van der Waals surface area contributed by atoms with Crippen LogP contribution in [0.15, 0.2) is 36.4 Å². The first-order valence-corrected chi connectivity index (χ1v) is 7.02. The van der Waals surface area contributed by atoms with E-state index >= 15 is 0 Å². The van der Waals surface area contributed by atoms with Crippen LogP contribution in [0.4, 0.5) is 5.69 Å². The van der Waals surface area contributed by atoms with Crippen LogP contribution in [0.2, 0.25) is 0 Å². The van der Waals surface area contributed by atoms with Crippen molar-refractivity contribution in [3.63, 3.8) is 0 Å². The number of rotatable bonds is 2. The monoisotopic (exact) mass is 265 g/mol. The number of hydrogen-bond acceptors (Lipinski definition) is 1. The lowest BCUT2D eigenvalue weighted by Gasteiger charge is -2.12. The van der Waals surface area contributed by atoms with E-state index in [0.29, 0.717) is 0 Å². The van der Waals surface area contributed by atoms with Crippen molar-refractivity contribution in [1.82, 2.24) is 0 Å². The lowest BCUT2D eigenvalue weighted by Crippen LogP contribution is -2.14. The zero-order chi connectivity index (χ0) is 14.3. The van der Waals surface area contributed by atoms with E-state index in [2.05, 4.69) is 50.4 Å². The molecule has 20 heavy (non-hydrogen) atoms. The van der Waals surface area contributed by atoms with E-state index in [0.717, 1.165) is 17.7 Å². The van der Waals surface area contributed by atoms with Gasteiger partial charge in [0.2, 0.25) is 5.91 Å². The first-order valence-electron chi connectivity index (χ1n) is 7.02. The average molecular weight is 265 g/mol. The van der Waals surface area contributed by atoms with Gasteiger partial charge in [0.25, 0.3) is 0 Å². The molecule has 0 unspecified atom stereocenters. The molecule has 1 N–H and O–H groups in total. The van der Waals surface area contributed by atoms with Gasteiger partial charge in [-0.1, -0.05) is 41.5 Å². The summed E-state index contributed by atoms with van der Waals surface area (Å²) in [5, 5.41) is 2.99. The Morgan fingerprint density at radius 2 is 1.70 bits per heavy atom. The summed E-state index contributed by atoms with van der Waals surface area (Å²) in [4.78, 5) is 12.2. The van der Waals surface area contributed by atoms with E-state index < -0.39 is 0 Å². The number of anilines is 1. The fraction of sp³-hybridized carbons (Fsp3) is 0.278. The largest absolute Gasteiger partial charge is 0.325 e. The molecule has 0 bridgehead atoms. The number of carbonyl (C=O) groups is 1. The Morgan fingerprint density at radius 1 is 1.00 bits per heavy atom. The van der Waals surface area contributed by atoms with E-state index in [1.54, 1.807) is 0 Å². The fourth-order valence-corrected chi connectivity index (χ4v) is 2.89. The second kappa shape index (κ2) is 4.78. The Labute approximate surface area is 119 Å². The zero-order valence-corrected chi connectivity index (χ0v) is 12.2. The number of hydrogen-bond donors (Lipinski definition) is 1. The molecule has 0 saturated heterocycles. The second-order valence-electron chi connectivity index (χ2n) is 5.77. The lowest BCUT2D eigenvalue weighted by molar-refractivity contribution is -0.117. The van der Waals surface area contributed by atoms with Crippen molar-refractivity contribution in [2.24, 2.45) is 0 Å². The highest BCUT2D eigenvalue weighted by atomic mass is 16.2. The van der Waals surface area contributed by atoms with Crippen LogP contribution in [0.25, 0.3) is 0 Å². The Morgan fingerprint density at radius 3 is 2.50 bits per heavy atom. The SMILES string of the molecule is Cc1ccc(C)c(C[C@@H]2C(=O)Nc3ccc(C)cc32)c1. The summed E-state index contributed by atoms with van der Waals surface area (Å²) in [7, 11) is 0. The number of fused-ring (bicyclic) bond motifs is 1. The molecular weight excluding hydrogens is 246 g/mol. The molecule has 1 amide bonds. The summed E-state index contributed by atoms with van der Waals surface area (Å²) in [6, 6.07) is 12.6. The molecule has 1 aliphatic rings. The van der Waals surface area contributed by atoms with Crippen LogP contribution < -0.4 is 5.32 Å². The third-order valence-corrected chi connectivity index (χ3v) is 4.09. The van der Waals surface area contributed by atoms with Crippen LogP contribution in [0.3, 0.4) is 0 Å². The van der Waals surface area contributed by atoms with Gasteiger partial charge in [-0.15, -0.1) is 0 Å². The standard InChI is InChI=1S/C18H19NO/c1-11-4-6-13(3)14(8-11)10-16-15-9-12(2)5-7-17(15)19-18(16)20/h4-9,16H,10H2,1-3H3,(H,19,20)/t16-/m0/s1. The van der Waals surface area contributed by atoms with Crippen LogP contribution >= 0.6 is 0 Å². The molecular formula is C18H19NO. The van der Waals surface area contributed by atoms with Gasteiger partial charge < -0.3 is 5.32 Å². The molecule has 2 aromatic rings. The first-order chi connectivity index (χ1) is 9.54. The normalized spacial score (nSPS) is 16.9. The van der Waals surface area contributed by atoms with Gasteiger partial charge in [-0.2, -0.15) is 0 Å². The number of nitrogens with one attached hydrogen (secondary N) is 1. The van der Waals surface area contributed by atoms with Crippen molar-refractivity contribution in [1.29, 1.82) is 0 Å². The average Bonchev–Trinajstić information content (AvgIpc) is 2.70. The summed E-state index contributed by atoms with van der Waals surface area (Å²) < 4.78 is 0. The van der Waals surface area contributed by atoms with Gasteiger partial charge in [-0.05, 0) is 49.9 Å². The van der Waals surface area contributed by atoms with Crippen LogP contribution in [0.5, 0.6) is 0 Å². The summed E-state index contributed by atoms with van der Waals surface area (Å²) >= 11 is 0. The lowest BCUT2D eigenvalue weighted by atomic mass is 9.90. The van der Waals surface area contributed by atoms with Crippen molar-refractivity contribution in [2.75, 3.05) is 5.32 Å². The molecule has 1 atom stereocenters. The Kier molecular flexibility index (Phi) is 3.09. The Balaban J connectivity index is 1.97. The maximum Gasteiger partial charge on any atom is 0.232 e. The molecule has 2 aromatic carbocycles. The third-order valence-electron chi connectivity index (χ3n) is 4.09. The molecule has 2 nitrogen and oxygen atoms in total. The zero-order valence-electron chi connectivity index (χ0n) is 12.2. The maximum absolute atomic E-state index is 12.2. The minimum atomic E-state index is -0.0644. The Hall–Kier alpha value is -2.09. The van der Waals surface area contributed by atoms with E-state index in [1.165, 1.54) is 22.3 Å². The quantitative estimate of drug-likeness (QED) is 0.877. The van der Waals surface area contributed by atoms with Gasteiger partial charge in [0.1, 0.15) is 0 Å².